The van der Waals surface area contributed by atoms with Crippen molar-refractivity contribution in [2.45, 2.75) is 25.9 Å². The van der Waals surface area contributed by atoms with E-state index in [1.165, 1.54) is 17.0 Å². The van der Waals surface area contributed by atoms with Gasteiger partial charge in [0.1, 0.15) is 16.9 Å². The number of urea groups is 1. The Bertz CT molecular complexity index is 1020. The highest BCUT2D eigenvalue weighted by molar-refractivity contribution is 6.06. The molecule has 0 unspecified atom stereocenters. The van der Waals surface area contributed by atoms with Gasteiger partial charge in [-0.15, -0.1) is 0 Å². The molecule has 0 atom stereocenters. The van der Waals surface area contributed by atoms with Crippen molar-refractivity contribution in [1.82, 2.24) is 15.2 Å². The number of carbonyl (C=O) groups excluding carboxylic acids is 2. The third-order valence-electron chi connectivity index (χ3n) is 4.33. The zero-order chi connectivity index (χ0) is 18.5. The Balaban J connectivity index is 1.63. The number of nitrogens with one attached hydrogen (secondary N) is 1. The maximum Gasteiger partial charge on any atom is 0.325 e. The standard InChI is InChI=1S/C19H16FN3O3/c1-19(2)17(24)23(18(25)22-19)10-11-3-8-15-14(9-11)21-16(26-15)12-4-6-13(20)7-5-12/h3-9H,10H2,1-2H3,(H,22,25). The molecule has 1 aliphatic heterocycles. The third kappa shape index (κ3) is 2.71. The van der Waals surface area contributed by atoms with Crippen molar-refractivity contribution < 1.29 is 18.4 Å². The van der Waals surface area contributed by atoms with Crippen LogP contribution in [0.2, 0.25) is 0 Å². The van der Waals surface area contributed by atoms with Crippen LogP contribution in [0.4, 0.5) is 9.18 Å². The normalized spacial score (nSPS) is 16.3. The minimum atomic E-state index is -0.898. The van der Waals surface area contributed by atoms with Crippen LogP contribution in [0.1, 0.15) is 19.4 Å². The van der Waals surface area contributed by atoms with Gasteiger partial charge in [-0.1, -0.05) is 6.07 Å². The van der Waals surface area contributed by atoms with Crippen LogP contribution in [-0.4, -0.2) is 27.4 Å². The van der Waals surface area contributed by atoms with Crippen LogP contribution in [-0.2, 0) is 11.3 Å². The molecule has 1 fully saturated rings. The molecule has 1 aliphatic rings. The summed E-state index contributed by atoms with van der Waals surface area (Å²) in [4.78, 5) is 29.9. The molecule has 0 saturated carbocycles. The van der Waals surface area contributed by atoms with E-state index in [0.717, 1.165) is 5.56 Å². The number of imide groups is 1. The lowest BCUT2D eigenvalue weighted by Gasteiger charge is -2.15. The summed E-state index contributed by atoms with van der Waals surface area (Å²) in [5.41, 5.74) is 1.71. The Morgan fingerprint density at radius 2 is 1.88 bits per heavy atom. The number of halogens is 1. The van der Waals surface area contributed by atoms with Gasteiger partial charge in [0.2, 0.25) is 5.89 Å². The van der Waals surface area contributed by atoms with Crippen LogP contribution in [0.5, 0.6) is 0 Å². The average molecular weight is 353 g/mol. The van der Waals surface area contributed by atoms with Crippen molar-refractivity contribution >= 4 is 23.0 Å². The molecular weight excluding hydrogens is 337 g/mol. The van der Waals surface area contributed by atoms with E-state index in [-0.39, 0.29) is 18.3 Å². The lowest BCUT2D eigenvalue weighted by Crippen LogP contribution is -2.40. The van der Waals surface area contributed by atoms with Crippen LogP contribution < -0.4 is 5.32 Å². The van der Waals surface area contributed by atoms with E-state index >= 15 is 0 Å². The van der Waals surface area contributed by atoms with Crippen molar-refractivity contribution in [2.75, 3.05) is 0 Å². The smallest absolute Gasteiger partial charge is 0.325 e. The molecule has 0 bridgehead atoms. The summed E-state index contributed by atoms with van der Waals surface area (Å²) in [6.07, 6.45) is 0. The Labute approximate surface area is 148 Å². The lowest BCUT2D eigenvalue weighted by molar-refractivity contribution is -0.130. The first-order valence-corrected chi connectivity index (χ1v) is 8.13. The van der Waals surface area contributed by atoms with Gasteiger partial charge in [-0.2, -0.15) is 0 Å². The van der Waals surface area contributed by atoms with Crippen LogP contribution >= 0.6 is 0 Å². The summed E-state index contributed by atoms with van der Waals surface area (Å²) >= 11 is 0. The van der Waals surface area contributed by atoms with Gasteiger partial charge in [-0.05, 0) is 55.8 Å². The summed E-state index contributed by atoms with van der Waals surface area (Å²) in [5, 5.41) is 2.65. The van der Waals surface area contributed by atoms with Gasteiger partial charge in [0.05, 0.1) is 6.54 Å². The minimum Gasteiger partial charge on any atom is -0.436 e. The maximum absolute atomic E-state index is 13.1. The molecule has 2 heterocycles. The average Bonchev–Trinajstić information content (AvgIpc) is 3.09. The first-order valence-electron chi connectivity index (χ1n) is 8.13. The number of oxazole rings is 1. The molecule has 0 aliphatic carbocycles. The number of carbonyl (C=O) groups is 2. The van der Waals surface area contributed by atoms with E-state index in [9.17, 15) is 14.0 Å². The fraction of sp³-hybridized carbons (Fsp3) is 0.211. The molecule has 26 heavy (non-hydrogen) atoms. The number of rotatable bonds is 3. The molecule has 0 radical (unpaired) electrons. The fourth-order valence-corrected chi connectivity index (χ4v) is 2.93. The maximum atomic E-state index is 13.1. The molecule has 2 aromatic carbocycles. The van der Waals surface area contributed by atoms with E-state index in [4.69, 9.17) is 4.42 Å². The zero-order valence-corrected chi connectivity index (χ0v) is 14.2. The van der Waals surface area contributed by atoms with E-state index in [2.05, 4.69) is 10.3 Å². The molecule has 6 nitrogen and oxygen atoms in total. The zero-order valence-electron chi connectivity index (χ0n) is 14.2. The van der Waals surface area contributed by atoms with Crippen molar-refractivity contribution in [3.8, 4) is 11.5 Å². The van der Waals surface area contributed by atoms with E-state index in [0.29, 0.717) is 22.6 Å². The molecule has 1 saturated heterocycles. The Morgan fingerprint density at radius 3 is 2.54 bits per heavy atom. The predicted molar refractivity (Wildman–Crippen MR) is 92.6 cm³/mol. The highest BCUT2D eigenvalue weighted by Gasteiger charge is 2.44. The summed E-state index contributed by atoms with van der Waals surface area (Å²) < 4.78 is 18.8. The summed E-state index contributed by atoms with van der Waals surface area (Å²) in [6, 6.07) is 10.8. The number of nitrogens with zero attached hydrogens (tertiary/aromatic N) is 2. The quantitative estimate of drug-likeness (QED) is 0.732. The number of fused-ring (bicyclic) bond motifs is 1. The van der Waals surface area contributed by atoms with E-state index in [1.807, 2.05) is 0 Å². The van der Waals surface area contributed by atoms with Gasteiger partial charge in [0.25, 0.3) is 5.91 Å². The van der Waals surface area contributed by atoms with Crippen LogP contribution in [0, 0.1) is 5.82 Å². The summed E-state index contributed by atoms with van der Waals surface area (Å²) in [5.74, 6) is -0.216. The number of amides is 3. The summed E-state index contributed by atoms with van der Waals surface area (Å²) in [6.45, 7) is 3.49. The summed E-state index contributed by atoms with van der Waals surface area (Å²) in [7, 11) is 0. The largest absolute Gasteiger partial charge is 0.436 e. The second-order valence-corrected chi connectivity index (χ2v) is 6.77. The highest BCUT2D eigenvalue weighted by atomic mass is 19.1. The first kappa shape index (κ1) is 16.3. The Morgan fingerprint density at radius 1 is 1.15 bits per heavy atom. The van der Waals surface area contributed by atoms with Crippen molar-refractivity contribution in [3.05, 3.63) is 53.8 Å². The topological polar surface area (TPSA) is 75.4 Å². The van der Waals surface area contributed by atoms with E-state index < -0.39 is 11.6 Å². The molecule has 7 heteroatoms. The number of aromatic nitrogens is 1. The number of benzene rings is 2. The second-order valence-electron chi connectivity index (χ2n) is 6.77. The Kier molecular flexibility index (Phi) is 3.54. The Hall–Kier alpha value is -3.22. The first-order chi connectivity index (χ1) is 12.3. The molecular formula is C19H16FN3O3. The number of hydrogen-bond acceptors (Lipinski definition) is 4. The fourth-order valence-electron chi connectivity index (χ4n) is 2.93. The third-order valence-corrected chi connectivity index (χ3v) is 4.33. The molecule has 1 aromatic heterocycles. The van der Waals surface area contributed by atoms with Crippen molar-refractivity contribution in [1.29, 1.82) is 0 Å². The number of hydrogen-bond donors (Lipinski definition) is 1. The van der Waals surface area contributed by atoms with E-state index in [1.54, 1.807) is 44.2 Å². The van der Waals surface area contributed by atoms with Gasteiger partial charge in [0.15, 0.2) is 5.58 Å². The van der Waals surface area contributed by atoms with Crippen LogP contribution in [0.15, 0.2) is 46.9 Å². The van der Waals surface area contributed by atoms with Gasteiger partial charge >= 0.3 is 6.03 Å². The molecule has 132 valence electrons. The van der Waals surface area contributed by atoms with Crippen molar-refractivity contribution in [2.24, 2.45) is 0 Å². The SMILES string of the molecule is CC1(C)NC(=O)N(Cc2ccc3oc(-c4ccc(F)cc4)nc3c2)C1=O. The molecule has 3 amide bonds. The molecule has 4 rings (SSSR count). The molecule has 1 N–H and O–H groups in total. The van der Waals surface area contributed by atoms with Gasteiger partial charge in [-0.25, -0.2) is 14.2 Å². The van der Waals surface area contributed by atoms with Crippen LogP contribution in [0.25, 0.3) is 22.6 Å². The lowest BCUT2D eigenvalue weighted by atomic mass is 10.1. The molecule has 3 aromatic rings. The van der Waals surface area contributed by atoms with Gasteiger partial charge < -0.3 is 9.73 Å². The van der Waals surface area contributed by atoms with Gasteiger partial charge in [0, 0.05) is 5.56 Å². The van der Waals surface area contributed by atoms with Crippen LogP contribution in [0.3, 0.4) is 0 Å². The minimum absolute atomic E-state index is 0.156. The predicted octanol–water partition coefficient (Wildman–Crippen LogP) is 3.46. The second kappa shape index (κ2) is 5.66. The monoisotopic (exact) mass is 353 g/mol. The van der Waals surface area contributed by atoms with Crippen molar-refractivity contribution in [3.63, 3.8) is 0 Å². The molecule has 0 spiro atoms. The van der Waals surface area contributed by atoms with Gasteiger partial charge in [-0.3, -0.25) is 9.69 Å². The highest BCUT2D eigenvalue weighted by Crippen LogP contribution is 2.26.